The number of hydrogen-bond acceptors (Lipinski definition) is 4. The SMILES string of the molecule is COc1ccc(O)c2c(OC)ccc(O)c12. The molecule has 4 nitrogen and oxygen atoms in total. The smallest absolute Gasteiger partial charge is 0.130 e. The molecule has 0 bridgehead atoms. The van der Waals surface area contributed by atoms with Gasteiger partial charge in [-0.1, -0.05) is 0 Å². The monoisotopic (exact) mass is 220 g/mol. The normalized spacial score (nSPS) is 10.4. The number of aromatic hydroxyl groups is 2. The minimum Gasteiger partial charge on any atom is -0.507 e. The molecule has 2 N–H and O–H groups in total. The zero-order valence-corrected chi connectivity index (χ0v) is 9.02. The van der Waals surface area contributed by atoms with E-state index in [2.05, 4.69) is 0 Å². The molecule has 84 valence electrons. The van der Waals surface area contributed by atoms with E-state index in [9.17, 15) is 10.2 Å². The van der Waals surface area contributed by atoms with Gasteiger partial charge in [-0.2, -0.15) is 0 Å². The van der Waals surface area contributed by atoms with E-state index in [4.69, 9.17) is 9.47 Å². The average Bonchev–Trinajstić information content (AvgIpc) is 2.31. The summed E-state index contributed by atoms with van der Waals surface area (Å²) < 4.78 is 10.3. The number of rotatable bonds is 2. The fraction of sp³-hybridized carbons (Fsp3) is 0.167. The molecule has 0 atom stereocenters. The predicted molar refractivity (Wildman–Crippen MR) is 60.4 cm³/mol. The molecule has 0 radical (unpaired) electrons. The van der Waals surface area contributed by atoms with Crippen molar-refractivity contribution in [3.63, 3.8) is 0 Å². The van der Waals surface area contributed by atoms with Gasteiger partial charge in [0.15, 0.2) is 0 Å². The first-order chi connectivity index (χ1) is 7.69. The fourth-order valence-electron chi connectivity index (χ4n) is 1.74. The zero-order valence-electron chi connectivity index (χ0n) is 9.02. The molecule has 0 saturated carbocycles. The van der Waals surface area contributed by atoms with Gasteiger partial charge >= 0.3 is 0 Å². The average molecular weight is 220 g/mol. The van der Waals surface area contributed by atoms with Crippen LogP contribution in [-0.4, -0.2) is 24.4 Å². The number of ether oxygens (including phenoxy) is 2. The number of phenolic OH excluding ortho intramolecular Hbond substituents is 2. The van der Waals surface area contributed by atoms with Crippen molar-refractivity contribution in [2.24, 2.45) is 0 Å². The van der Waals surface area contributed by atoms with E-state index < -0.39 is 0 Å². The molecular weight excluding hydrogens is 208 g/mol. The van der Waals surface area contributed by atoms with Crippen molar-refractivity contribution in [1.82, 2.24) is 0 Å². The molecular formula is C12H12O4. The summed E-state index contributed by atoms with van der Waals surface area (Å²) in [5.41, 5.74) is 0. The van der Waals surface area contributed by atoms with Crippen LogP contribution in [0.5, 0.6) is 23.0 Å². The number of phenols is 2. The van der Waals surface area contributed by atoms with E-state index in [-0.39, 0.29) is 11.5 Å². The van der Waals surface area contributed by atoms with Crippen LogP contribution in [0.2, 0.25) is 0 Å². The lowest BCUT2D eigenvalue weighted by Crippen LogP contribution is -1.89. The van der Waals surface area contributed by atoms with Gasteiger partial charge < -0.3 is 19.7 Å². The second-order valence-corrected chi connectivity index (χ2v) is 3.32. The predicted octanol–water partition coefficient (Wildman–Crippen LogP) is 2.27. The van der Waals surface area contributed by atoms with Crippen LogP contribution in [0.4, 0.5) is 0 Å². The molecule has 0 amide bonds. The quantitative estimate of drug-likeness (QED) is 0.815. The van der Waals surface area contributed by atoms with Gasteiger partial charge in [-0.3, -0.25) is 0 Å². The Bertz CT molecular complexity index is 485. The Hall–Kier alpha value is -2.10. The summed E-state index contributed by atoms with van der Waals surface area (Å²) in [7, 11) is 3.01. The third-order valence-electron chi connectivity index (χ3n) is 2.48. The topological polar surface area (TPSA) is 58.9 Å². The van der Waals surface area contributed by atoms with Gasteiger partial charge in [0.1, 0.15) is 23.0 Å². The van der Waals surface area contributed by atoms with Gasteiger partial charge in [-0.05, 0) is 24.3 Å². The van der Waals surface area contributed by atoms with E-state index in [0.717, 1.165) is 0 Å². The van der Waals surface area contributed by atoms with Crippen LogP contribution < -0.4 is 9.47 Å². The molecule has 2 aromatic carbocycles. The van der Waals surface area contributed by atoms with E-state index in [1.165, 1.54) is 26.4 Å². The fourth-order valence-corrected chi connectivity index (χ4v) is 1.74. The maximum Gasteiger partial charge on any atom is 0.130 e. The van der Waals surface area contributed by atoms with Crippen molar-refractivity contribution in [2.45, 2.75) is 0 Å². The first-order valence-electron chi connectivity index (χ1n) is 4.74. The maximum atomic E-state index is 9.78. The Morgan fingerprint density at radius 2 is 1.12 bits per heavy atom. The Morgan fingerprint density at radius 1 is 0.750 bits per heavy atom. The van der Waals surface area contributed by atoms with Gasteiger partial charge in [0.2, 0.25) is 0 Å². The van der Waals surface area contributed by atoms with E-state index >= 15 is 0 Å². The first kappa shape index (κ1) is 10.4. The molecule has 0 aliphatic heterocycles. The molecule has 0 aromatic heterocycles. The maximum absolute atomic E-state index is 9.78. The van der Waals surface area contributed by atoms with Crippen molar-refractivity contribution in [3.05, 3.63) is 24.3 Å². The Morgan fingerprint density at radius 3 is 1.44 bits per heavy atom. The summed E-state index contributed by atoms with van der Waals surface area (Å²) in [6, 6.07) is 6.19. The van der Waals surface area contributed by atoms with Crippen molar-refractivity contribution in [1.29, 1.82) is 0 Å². The third kappa shape index (κ3) is 1.39. The summed E-state index contributed by atoms with van der Waals surface area (Å²) in [6.07, 6.45) is 0. The van der Waals surface area contributed by atoms with Gasteiger partial charge in [0.05, 0.1) is 25.0 Å². The van der Waals surface area contributed by atoms with Gasteiger partial charge in [0.25, 0.3) is 0 Å². The van der Waals surface area contributed by atoms with Crippen LogP contribution in [0.3, 0.4) is 0 Å². The number of methoxy groups -OCH3 is 2. The molecule has 0 aliphatic rings. The molecule has 0 heterocycles. The highest BCUT2D eigenvalue weighted by Gasteiger charge is 2.14. The highest BCUT2D eigenvalue weighted by atomic mass is 16.5. The summed E-state index contributed by atoms with van der Waals surface area (Å²) >= 11 is 0. The molecule has 0 unspecified atom stereocenters. The van der Waals surface area contributed by atoms with Crippen molar-refractivity contribution in [2.75, 3.05) is 14.2 Å². The van der Waals surface area contributed by atoms with Gasteiger partial charge in [-0.25, -0.2) is 0 Å². The molecule has 0 aliphatic carbocycles. The van der Waals surface area contributed by atoms with E-state index in [0.29, 0.717) is 22.3 Å². The largest absolute Gasteiger partial charge is 0.507 e. The Labute approximate surface area is 92.7 Å². The molecule has 2 rings (SSSR count). The van der Waals surface area contributed by atoms with Crippen LogP contribution in [0, 0.1) is 0 Å². The van der Waals surface area contributed by atoms with Gasteiger partial charge in [-0.15, -0.1) is 0 Å². The molecule has 16 heavy (non-hydrogen) atoms. The Kier molecular flexibility index (Phi) is 2.48. The lowest BCUT2D eigenvalue weighted by atomic mass is 10.1. The molecule has 4 heteroatoms. The zero-order chi connectivity index (χ0) is 11.7. The van der Waals surface area contributed by atoms with E-state index in [1.807, 2.05) is 0 Å². The second-order valence-electron chi connectivity index (χ2n) is 3.32. The number of fused-ring (bicyclic) bond motifs is 1. The summed E-state index contributed by atoms with van der Waals surface area (Å²) in [5, 5.41) is 20.5. The number of hydrogen-bond donors (Lipinski definition) is 2. The molecule has 0 fully saturated rings. The van der Waals surface area contributed by atoms with E-state index in [1.54, 1.807) is 12.1 Å². The van der Waals surface area contributed by atoms with Crippen LogP contribution in [0.25, 0.3) is 10.8 Å². The second kappa shape index (κ2) is 3.81. The minimum absolute atomic E-state index is 0.0450. The molecule has 0 saturated heterocycles. The van der Waals surface area contributed by atoms with Crippen molar-refractivity contribution >= 4 is 10.8 Å². The standard InChI is InChI=1S/C12H12O4/c1-15-9-5-3-8(14)12-10(16-2)6-4-7(13)11(9)12/h3-6,13-14H,1-2H3. The summed E-state index contributed by atoms with van der Waals surface area (Å²) in [5.74, 6) is 1.07. The lowest BCUT2D eigenvalue weighted by Gasteiger charge is -2.11. The van der Waals surface area contributed by atoms with Crippen LogP contribution in [0.1, 0.15) is 0 Å². The third-order valence-corrected chi connectivity index (χ3v) is 2.48. The molecule has 2 aromatic rings. The van der Waals surface area contributed by atoms with Crippen molar-refractivity contribution < 1.29 is 19.7 Å². The van der Waals surface area contributed by atoms with Crippen LogP contribution in [-0.2, 0) is 0 Å². The lowest BCUT2D eigenvalue weighted by molar-refractivity contribution is 0.406. The van der Waals surface area contributed by atoms with Crippen LogP contribution in [0.15, 0.2) is 24.3 Å². The number of benzene rings is 2. The minimum atomic E-state index is 0.0450. The first-order valence-corrected chi connectivity index (χ1v) is 4.74. The van der Waals surface area contributed by atoms with Crippen molar-refractivity contribution in [3.8, 4) is 23.0 Å². The highest BCUT2D eigenvalue weighted by molar-refractivity contribution is 6.01. The molecule has 0 spiro atoms. The van der Waals surface area contributed by atoms with Crippen LogP contribution >= 0.6 is 0 Å². The summed E-state index contributed by atoms with van der Waals surface area (Å²) in [4.78, 5) is 0. The Balaban J connectivity index is 2.94. The summed E-state index contributed by atoms with van der Waals surface area (Å²) in [6.45, 7) is 0. The highest BCUT2D eigenvalue weighted by Crippen LogP contribution is 2.43. The van der Waals surface area contributed by atoms with Gasteiger partial charge in [0, 0.05) is 0 Å².